The van der Waals surface area contributed by atoms with Gasteiger partial charge in [-0.15, -0.1) is 0 Å². The van der Waals surface area contributed by atoms with Gasteiger partial charge in [-0.2, -0.15) is 0 Å². The molecule has 0 aromatic carbocycles. The second kappa shape index (κ2) is 63.5. The fourth-order valence-corrected chi connectivity index (χ4v) is 12.8. The fraction of sp³-hybridized carbons (Fsp3) is 0.946. The molecule has 5 atom stereocenters. The van der Waals surface area contributed by atoms with Gasteiger partial charge >= 0.3 is 39.5 Å². The summed E-state index contributed by atoms with van der Waals surface area (Å²) in [5, 5.41) is 10.6. The summed E-state index contributed by atoms with van der Waals surface area (Å²) in [5.41, 5.74) is 0. The lowest BCUT2D eigenvalue weighted by molar-refractivity contribution is -0.161. The van der Waals surface area contributed by atoms with Gasteiger partial charge in [-0.1, -0.05) is 319 Å². The van der Waals surface area contributed by atoms with Crippen LogP contribution in [-0.2, 0) is 65.4 Å². The van der Waals surface area contributed by atoms with E-state index in [1.54, 1.807) is 0 Å². The Bertz CT molecular complexity index is 1830. The highest BCUT2D eigenvalue weighted by molar-refractivity contribution is 7.47. The zero-order valence-electron chi connectivity index (χ0n) is 60.9. The molecule has 2 unspecified atom stereocenters. The zero-order chi connectivity index (χ0) is 68.9. The molecule has 19 heteroatoms. The van der Waals surface area contributed by atoms with E-state index in [4.69, 9.17) is 37.0 Å². The van der Waals surface area contributed by atoms with Crippen LogP contribution in [0.3, 0.4) is 0 Å². The summed E-state index contributed by atoms with van der Waals surface area (Å²) in [5.74, 6) is 0.848. The van der Waals surface area contributed by atoms with E-state index < -0.39 is 97.5 Å². The second-order valence-electron chi connectivity index (χ2n) is 28.6. The lowest BCUT2D eigenvalue weighted by Gasteiger charge is -2.21. The summed E-state index contributed by atoms with van der Waals surface area (Å²) in [6, 6.07) is 0. The van der Waals surface area contributed by atoms with Crippen LogP contribution >= 0.6 is 15.6 Å². The molecule has 0 aliphatic carbocycles. The van der Waals surface area contributed by atoms with Crippen LogP contribution in [0.25, 0.3) is 0 Å². The number of phosphoric acid groups is 2. The fourth-order valence-electron chi connectivity index (χ4n) is 11.2. The van der Waals surface area contributed by atoms with Crippen molar-refractivity contribution in [2.75, 3.05) is 39.6 Å². The summed E-state index contributed by atoms with van der Waals surface area (Å²) in [4.78, 5) is 72.6. The molecule has 552 valence electrons. The van der Waals surface area contributed by atoms with Crippen molar-refractivity contribution < 1.29 is 80.2 Å². The number of carbonyl (C=O) groups is 4. The molecule has 0 aliphatic heterocycles. The molecule has 17 nitrogen and oxygen atoms in total. The van der Waals surface area contributed by atoms with Gasteiger partial charge in [0.1, 0.15) is 19.3 Å². The molecule has 0 aromatic rings. The molecule has 93 heavy (non-hydrogen) atoms. The van der Waals surface area contributed by atoms with E-state index in [2.05, 4.69) is 55.4 Å². The number of carbonyl (C=O) groups excluding carboxylic acids is 4. The molecule has 0 bridgehead atoms. The molecular weight excluding hydrogens is 1220 g/mol. The van der Waals surface area contributed by atoms with Crippen molar-refractivity contribution in [2.45, 2.75) is 388 Å². The molecule has 0 rings (SSSR count). The number of phosphoric ester groups is 2. The van der Waals surface area contributed by atoms with Gasteiger partial charge in [-0.05, 0) is 49.4 Å². The van der Waals surface area contributed by atoms with Crippen LogP contribution in [-0.4, -0.2) is 96.7 Å². The molecule has 0 amide bonds. The van der Waals surface area contributed by atoms with E-state index >= 15 is 0 Å². The average Bonchev–Trinajstić information content (AvgIpc) is 3.61. The van der Waals surface area contributed by atoms with Gasteiger partial charge in [-0.25, -0.2) is 9.13 Å². The van der Waals surface area contributed by atoms with E-state index in [9.17, 15) is 43.2 Å². The molecule has 0 radical (unpaired) electrons. The Hall–Kier alpha value is -1.94. The summed E-state index contributed by atoms with van der Waals surface area (Å²) < 4.78 is 68.4. The maximum absolute atomic E-state index is 13.1. The van der Waals surface area contributed by atoms with Crippen LogP contribution in [0.4, 0.5) is 0 Å². The van der Waals surface area contributed by atoms with E-state index in [0.29, 0.717) is 31.6 Å². The maximum atomic E-state index is 13.1. The van der Waals surface area contributed by atoms with Crippen molar-refractivity contribution in [1.29, 1.82) is 0 Å². The topological polar surface area (TPSA) is 237 Å². The van der Waals surface area contributed by atoms with Gasteiger partial charge in [0.25, 0.3) is 0 Å². The standard InChI is InChI=1S/C74H144O17P2/c1-64(2)50-42-34-26-20-16-13-11-9-10-12-14-18-22-29-38-46-54-71(76)84-60-69(90-73(78)56-48-40-30-23-19-15-17-21-27-35-43-51-65(3)4)62-88-92(80,81)86-58-68(75)59-87-93(82,83)89-63-70(61-85-72(77)55-47-39-33-32-37-45-53-67(7)8)91-74(79)57-49-41-31-25-24-28-36-44-52-66(5)6/h64-70,75H,9-63H2,1-8H3,(H,80,81)(H,82,83)/t68-,69-,70-/m1/s1. The van der Waals surface area contributed by atoms with Gasteiger partial charge in [0.15, 0.2) is 12.2 Å². The molecule has 0 aromatic heterocycles. The van der Waals surface area contributed by atoms with Gasteiger partial charge < -0.3 is 33.8 Å². The van der Waals surface area contributed by atoms with E-state index in [-0.39, 0.29) is 25.7 Å². The predicted octanol–water partition coefficient (Wildman–Crippen LogP) is 21.3. The maximum Gasteiger partial charge on any atom is 0.472 e. The second-order valence-corrected chi connectivity index (χ2v) is 31.5. The lowest BCUT2D eigenvalue weighted by atomic mass is 10.0. The first-order chi connectivity index (χ1) is 44.6. The Morgan fingerprint density at radius 2 is 0.452 bits per heavy atom. The predicted molar refractivity (Wildman–Crippen MR) is 377 cm³/mol. The summed E-state index contributed by atoms with van der Waals surface area (Å²) in [7, 11) is -9.91. The van der Waals surface area contributed by atoms with Crippen molar-refractivity contribution in [3.05, 3.63) is 0 Å². The SMILES string of the molecule is CC(C)CCCCCCCCCCCCCCCCCCC(=O)OC[C@H](COP(=O)(O)OC[C@@H](O)COP(=O)(O)OC[C@@H](COC(=O)CCCCCCCCC(C)C)OC(=O)CCCCCCCCCCC(C)C)OC(=O)CCCCCCCCCCCCCC(C)C. The van der Waals surface area contributed by atoms with Gasteiger partial charge in [0, 0.05) is 25.7 Å². The minimum Gasteiger partial charge on any atom is -0.462 e. The zero-order valence-corrected chi connectivity index (χ0v) is 62.7. The smallest absolute Gasteiger partial charge is 0.462 e. The minimum atomic E-state index is -4.96. The third kappa shape index (κ3) is 68.4. The first-order valence-corrected chi connectivity index (χ1v) is 41.2. The van der Waals surface area contributed by atoms with E-state index in [1.165, 1.54) is 167 Å². The number of ether oxygens (including phenoxy) is 4. The number of hydrogen-bond acceptors (Lipinski definition) is 15. The molecule has 0 saturated heterocycles. The number of rotatable bonds is 71. The Morgan fingerprint density at radius 1 is 0.269 bits per heavy atom. The van der Waals surface area contributed by atoms with Crippen molar-refractivity contribution in [2.24, 2.45) is 23.7 Å². The summed E-state index contributed by atoms with van der Waals surface area (Å²) in [6.45, 7) is 14.1. The molecule has 0 saturated carbocycles. The van der Waals surface area contributed by atoms with Gasteiger partial charge in [-0.3, -0.25) is 37.3 Å². The third-order valence-corrected chi connectivity index (χ3v) is 19.0. The largest absolute Gasteiger partial charge is 0.472 e. The number of aliphatic hydroxyl groups excluding tert-OH is 1. The molecule has 0 fully saturated rings. The Balaban J connectivity index is 5.20. The molecule has 0 aliphatic rings. The number of hydrogen-bond donors (Lipinski definition) is 3. The summed E-state index contributed by atoms with van der Waals surface area (Å²) in [6.07, 6.45) is 47.5. The molecule has 0 heterocycles. The average molecular weight is 1370 g/mol. The van der Waals surface area contributed by atoms with Crippen LogP contribution < -0.4 is 0 Å². The third-order valence-electron chi connectivity index (χ3n) is 17.1. The van der Waals surface area contributed by atoms with E-state index in [0.717, 1.165) is 114 Å². The number of esters is 4. The van der Waals surface area contributed by atoms with Gasteiger partial charge in [0.05, 0.1) is 26.4 Å². The van der Waals surface area contributed by atoms with Crippen molar-refractivity contribution in [3.8, 4) is 0 Å². The number of aliphatic hydroxyl groups is 1. The van der Waals surface area contributed by atoms with Crippen LogP contribution in [0.5, 0.6) is 0 Å². The van der Waals surface area contributed by atoms with Crippen LogP contribution in [0, 0.1) is 23.7 Å². The first-order valence-electron chi connectivity index (χ1n) is 38.2. The Kier molecular flexibility index (Phi) is 62.2. The normalized spacial score (nSPS) is 14.2. The van der Waals surface area contributed by atoms with Crippen molar-refractivity contribution >= 4 is 39.5 Å². The Morgan fingerprint density at radius 3 is 0.667 bits per heavy atom. The van der Waals surface area contributed by atoms with Crippen LogP contribution in [0.1, 0.15) is 370 Å². The van der Waals surface area contributed by atoms with Crippen LogP contribution in [0.2, 0.25) is 0 Å². The monoisotopic (exact) mass is 1370 g/mol. The number of unbranched alkanes of at least 4 members (excludes halogenated alkanes) is 37. The lowest BCUT2D eigenvalue weighted by Crippen LogP contribution is -2.30. The molecule has 3 N–H and O–H groups in total. The van der Waals surface area contributed by atoms with Crippen molar-refractivity contribution in [1.82, 2.24) is 0 Å². The first kappa shape index (κ1) is 91.1. The minimum absolute atomic E-state index is 0.103. The van der Waals surface area contributed by atoms with E-state index in [1.807, 2.05) is 0 Å². The highest BCUT2D eigenvalue weighted by Gasteiger charge is 2.30. The van der Waals surface area contributed by atoms with Crippen LogP contribution in [0.15, 0.2) is 0 Å². The van der Waals surface area contributed by atoms with Crippen molar-refractivity contribution in [3.63, 3.8) is 0 Å². The highest BCUT2D eigenvalue weighted by Crippen LogP contribution is 2.45. The quantitative estimate of drug-likeness (QED) is 0.0222. The molecule has 0 spiro atoms. The summed E-state index contributed by atoms with van der Waals surface area (Å²) >= 11 is 0. The highest BCUT2D eigenvalue weighted by atomic mass is 31.2. The Labute approximate surface area is 568 Å². The molecular formula is C74H144O17P2. The van der Waals surface area contributed by atoms with Gasteiger partial charge in [0.2, 0.25) is 0 Å².